The van der Waals surface area contributed by atoms with E-state index in [-0.39, 0.29) is 6.10 Å². The highest BCUT2D eigenvalue weighted by Gasteiger charge is 2.01. The van der Waals surface area contributed by atoms with Gasteiger partial charge in [0.05, 0.1) is 12.8 Å². The van der Waals surface area contributed by atoms with E-state index in [1.807, 2.05) is 19.1 Å². The smallest absolute Gasteiger partial charge is 0.138 e. The second-order valence-corrected chi connectivity index (χ2v) is 2.57. The molecule has 0 saturated heterocycles. The summed E-state index contributed by atoms with van der Waals surface area (Å²) in [4.78, 5) is 3.93. The van der Waals surface area contributed by atoms with Crippen molar-refractivity contribution in [1.82, 2.24) is 4.98 Å². The summed E-state index contributed by atoms with van der Waals surface area (Å²) in [5.41, 5.74) is 0. The first-order valence-electron chi connectivity index (χ1n) is 3.88. The number of nitrogens with zero attached hydrogens (tertiary/aromatic N) is 1. The number of hydrogen-bond acceptors (Lipinski definition) is 3. The fourth-order valence-corrected chi connectivity index (χ4v) is 0.918. The molecule has 1 aromatic heterocycles. The lowest BCUT2D eigenvalue weighted by Crippen LogP contribution is -2.17. The van der Waals surface area contributed by atoms with Crippen LogP contribution in [0.1, 0.15) is 6.92 Å². The van der Waals surface area contributed by atoms with Gasteiger partial charge in [0.1, 0.15) is 11.9 Å². The highest BCUT2D eigenvalue weighted by Crippen LogP contribution is 2.08. The zero-order valence-electron chi connectivity index (χ0n) is 7.36. The first-order valence-corrected chi connectivity index (χ1v) is 3.88. The van der Waals surface area contributed by atoms with Gasteiger partial charge in [-0.05, 0) is 19.1 Å². The van der Waals surface area contributed by atoms with Crippen LogP contribution in [0.3, 0.4) is 0 Å². The Bertz CT molecular complexity index is 213. The predicted octanol–water partition coefficient (Wildman–Crippen LogP) is 1.50. The second-order valence-electron chi connectivity index (χ2n) is 2.57. The van der Waals surface area contributed by atoms with E-state index in [9.17, 15) is 0 Å². The summed E-state index contributed by atoms with van der Waals surface area (Å²) in [7, 11) is 1.66. The van der Waals surface area contributed by atoms with Crippen LogP contribution in [0.4, 0.5) is 0 Å². The lowest BCUT2D eigenvalue weighted by molar-refractivity contribution is 0.0918. The van der Waals surface area contributed by atoms with Crippen molar-refractivity contribution in [3.8, 4) is 5.75 Å². The van der Waals surface area contributed by atoms with E-state index >= 15 is 0 Å². The van der Waals surface area contributed by atoms with Crippen LogP contribution in [-0.4, -0.2) is 24.8 Å². The second kappa shape index (κ2) is 4.72. The van der Waals surface area contributed by atoms with Gasteiger partial charge < -0.3 is 9.47 Å². The van der Waals surface area contributed by atoms with Crippen LogP contribution >= 0.6 is 0 Å². The Balaban J connectivity index is 2.41. The minimum absolute atomic E-state index is 0.0687. The minimum Gasteiger partial charge on any atom is -0.487 e. The third-order valence-electron chi connectivity index (χ3n) is 1.37. The molecule has 0 aliphatic heterocycles. The van der Waals surface area contributed by atoms with E-state index in [0.717, 1.165) is 5.75 Å². The molecule has 1 unspecified atom stereocenters. The summed E-state index contributed by atoms with van der Waals surface area (Å²) in [6, 6.07) is 3.72. The van der Waals surface area contributed by atoms with Crippen molar-refractivity contribution in [3.63, 3.8) is 0 Å². The summed E-state index contributed by atoms with van der Waals surface area (Å²) in [5.74, 6) is 0.780. The number of ether oxygens (including phenoxy) is 2. The third-order valence-corrected chi connectivity index (χ3v) is 1.37. The molecule has 0 bridgehead atoms. The third kappa shape index (κ3) is 2.88. The standard InChI is InChI=1S/C9H13NO2/c1-8(7-11-2)12-9-4-3-5-10-6-9/h3-6,8H,7H2,1-2H3. The maximum absolute atomic E-state index is 5.47. The van der Waals surface area contributed by atoms with Gasteiger partial charge in [-0.2, -0.15) is 0 Å². The van der Waals surface area contributed by atoms with Crippen LogP contribution < -0.4 is 4.74 Å². The summed E-state index contributed by atoms with van der Waals surface area (Å²) in [5, 5.41) is 0. The molecule has 0 saturated carbocycles. The van der Waals surface area contributed by atoms with Gasteiger partial charge in [0, 0.05) is 13.3 Å². The summed E-state index contributed by atoms with van der Waals surface area (Å²) in [6.45, 7) is 2.55. The molecule has 66 valence electrons. The molecule has 1 aromatic rings. The Morgan fingerprint density at radius 2 is 2.42 bits per heavy atom. The lowest BCUT2D eigenvalue weighted by Gasteiger charge is -2.12. The quantitative estimate of drug-likeness (QED) is 0.681. The molecular weight excluding hydrogens is 154 g/mol. The van der Waals surface area contributed by atoms with Crippen molar-refractivity contribution in [2.24, 2.45) is 0 Å². The molecule has 0 N–H and O–H groups in total. The van der Waals surface area contributed by atoms with E-state index in [1.165, 1.54) is 0 Å². The van der Waals surface area contributed by atoms with Gasteiger partial charge in [-0.15, -0.1) is 0 Å². The van der Waals surface area contributed by atoms with E-state index < -0.39 is 0 Å². The fourth-order valence-electron chi connectivity index (χ4n) is 0.918. The van der Waals surface area contributed by atoms with Gasteiger partial charge in [-0.3, -0.25) is 4.98 Å². The molecule has 0 spiro atoms. The van der Waals surface area contributed by atoms with Crippen molar-refractivity contribution in [3.05, 3.63) is 24.5 Å². The van der Waals surface area contributed by atoms with Crippen LogP contribution in [0.2, 0.25) is 0 Å². The molecule has 0 amide bonds. The van der Waals surface area contributed by atoms with Crippen molar-refractivity contribution in [2.75, 3.05) is 13.7 Å². The molecule has 0 radical (unpaired) electrons. The highest BCUT2D eigenvalue weighted by atomic mass is 16.5. The van der Waals surface area contributed by atoms with E-state index in [0.29, 0.717) is 6.61 Å². The monoisotopic (exact) mass is 167 g/mol. The van der Waals surface area contributed by atoms with Crippen LogP contribution in [0, 0.1) is 0 Å². The number of methoxy groups -OCH3 is 1. The maximum atomic E-state index is 5.47. The average Bonchev–Trinajstić information content (AvgIpc) is 2.06. The molecule has 1 rings (SSSR count). The van der Waals surface area contributed by atoms with Crippen molar-refractivity contribution in [2.45, 2.75) is 13.0 Å². The molecule has 0 aliphatic rings. The van der Waals surface area contributed by atoms with Crippen molar-refractivity contribution < 1.29 is 9.47 Å². The van der Waals surface area contributed by atoms with Crippen LogP contribution in [0.15, 0.2) is 24.5 Å². The minimum atomic E-state index is 0.0687. The first kappa shape index (κ1) is 9.00. The van der Waals surface area contributed by atoms with E-state index in [1.54, 1.807) is 19.5 Å². The Morgan fingerprint density at radius 1 is 1.58 bits per heavy atom. The maximum Gasteiger partial charge on any atom is 0.138 e. The van der Waals surface area contributed by atoms with E-state index in [2.05, 4.69) is 4.98 Å². The molecule has 0 fully saturated rings. The zero-order chi connectivity index (χ0) is 8.81. The molecule has 3 heteroatoms. The lowest BCUT2D eigenvalue weighted by atomic mass is 10.4. The molecular formula is C9H13NO2. The van der Waals surface area contributed by atoms with Gasteiger partial charge in [-0.25, -0.2) is 0 Å². The van der Waals surface area contributed by atoms with Crippen LogP contribution in [-0.2, 0) is 4.74 Å². The Kier molecular flexibility index (Phi) is 3.54. The zero-order valence-corrected chi connectivity index (χ0v) is 7.36. The number of aromatic nitrogens is 1. The SMILES string of the molecule is COCC(C)Oc1cccnc1. The van der Waals surface area contributed by atoms with Gasteiger partial charge in [0.25, 0.3) is 0 Å². The molecule has 1 atom stereocenters. The molecule has 1 heterocycles. The average molecular weight is 167 g/mol. The normalized spacial score (nSPS) is 12.5. The molecule has 12 heavy (non-hydrogen) atoms. The van der Waals surface area contributed by atoms with Crippen molar-refractivity contribution in [1.29, 1.82) is 0 Å². The first-order chi connectivity index (χ1) is 5.83. The molecule has 0 aliphatic carbocycles. The Morgan fingerprint density at radius 3 is 3.00 bits per heavy atom. The summed E-state index contributed by atoms with van der Waals surface area (Å²) < 4.78 is 10.4. The Hall–Kier alpha value is -1.09. The molecule has 0 aromatic carbocycles. The number of rotatable bonds is 4. The summed E-state index contributed by atoms with van der Waals surface area (Å²) >= 11 is 0. The van der Waals surface area contributed by atoms with Crippen LogP contribution in [0.25, 0.3) is 0 Å². The van der Waals surface area contributed by atoms with Gasteiger partial charge in [0.2, 0.25) is 0 Å². The van der Waals surface area contributed by atoms with E-state index in [4.69, 9.17) is 9.47 Å². The highest BCUT2D eigenvalue weighted by molar-refractivity contribution is 5.15. The van der Waals surface area contributed by atoms with Gasteiger partial charge in [-0.1, -0.05) is 0 Å². The number of pyridine rings is 1. The van der Waals surface area contributed by atoms with Crippen molar-refractivity contribution >= 4 is 0 Å². The molecule has 3 nitrogen and oxygen atoms in total. The van der Waals surface area contributed by atoms with Gasteiger partial charge in [0.15, 0.2) is 0 Å². The summed E-state index contributed by atoms with van der Waals surface area (Å²) in [6.07, 6.45) is 3.47. The van der Waals surface area contributed by atoms with Gasteiger partial charge >= 0.3 is 0 Å². The largest absolute Gasteiger partial charge is 0.487 e. The Labute approximate surface area is 72.3 Å². The van der Waals surface area contributed by atoms with Crippen LogP contribution in [0.5, 0.6) is 5.75 Å². The fraction of sp³-hybridized carbons (Fsp3) is 0.444. The number of hydrogen-bond donors (Lipinski definition) is 0. The topological polar surface area (TPSA) is 31.4 Å². The predicted molar refractivity (Wildman–Crippen MR) is 46.2 cm³/mol.